The number of aryl methyl sites for hydroxylation is 1. The Morgan fingerprint density at radius 1 is 0.850 bits per heavy atom. The van der Waals surface area contributed by atoms with Crippen LogP contribution in [0.25, 0.3) is 0 Å². The predicted octanol–water partition coefficient (Wildman–Crippen LogP) is 7.49. The van der Waals surface area contributed by atoms with E-state index in [0.29, 0.717) is 30.5 Å². The van der Waals surface area contributed by atoms with Crippen LogP contribution in [-0.2, 0) is 17.8 Å². The number of aromatic nitrogens is 2. The molecule has 316 valence electrons. The second kappa shape index (κ2) is 19.2. The summed E-state index contributed by atoms with van der Waals surface area (Å²) < 4.78 is 27.9. The largest absolute Gasteiger partial charge is 0.349 e. The van der Waals surface area contributed by atoms with Crippen LogP contribution in [0, 0.1) is 5.92 Å². The Balaban J connectivity index is 0.979. The van der Waals surface area contributed by atoms with Gasteiger partial charge in [0.15, 0.2) is 0 Å². The summed E-state index contributed by atoms with van der Waals surface area (Å²) in [5.41, 5.74) is 5.67. The van der Waals surface area contributed by atoms with Crippen LogP contribution in [0.5, 0.6) is 0 Å². The molecule has 4 heterocycles. The Bertz CT molecular complexity index is 2040. The third-order valence-corrected chi connectivity index (χ3v) is 13.2. The van der Waals surface area contributed by atoms with E-state index in [1.54, 1.807) is 24.3 Å². The number of hydrogen-bond donors (Lipinski definition) is 1. The van der Waals surface area contributed by atoms with Crippen molar-refractivity contribution < 1.29 is 23.2 Å². The van der Waals surface area contributed by atoms with E-state index < -0.39 is 11.8 Å². The van der Waals surface area contributed by atoms with Gasteiger partial charge in [0.25, 0.3) is 11.8 Å². The lowest BCUT2D eigenvalue weighted by atomic mass is 9.86. The second-order valence-corrected chi connectivity index (χ2v) is 17.1. The monoisotopic (exact) mass is 817 g/mol. The highest BCUT2D eigenvalue weighted by Gasteiger charge is 2.39. The van der Waals surface area contributed by atoms with E-state index in [0.717, 1.165) is 82.8 Å². The number of amides is 3. The third-order valence-electron chi connectivity index (χ3n) is 13.2. The van der Waals surface area contributed by atoms with E-state index in [-0.39, 0.29) is 61.5 Å². The molecule has 3 amide bonds. The van der Waals surface area contributed by atoms with Gasteiger partial charge in [-0.15, -0.1) is 0 Å². The lowest BCUT2D eigenvalue weighted by molar-refractivity contribution is -0.130. The van der Waals surface area contributed by atoms with Gasteiger partial charge in [0.2, 0.25) is 11.8 Å². The molecule has 2 fully saturated rings. The predicted molar refractivity (Wildman–Crippen MR) is 226 cm³/mol. The molecular weight excluding hydrogens is 761 g/mol. The summed E-state index contributed by atoms with van der Waals surface area (Å²) in [5, 5.41) is 3.28. The second-order valence-electron chi connectivity index (χ2n) is 17.1. The number of unbranched alkanes of at least 4 members (excludes halogenated alkanes) is 1. The summed E-state index contributed by atoms with van der Waals surface area (Å²) in [4.78, 5) is 58.1. The minimum absolute atomic E-state index is 0.126. The van der Waals surface area contributed by atoms with Crippen molar-refractivity contribution in [2.24, 2.45) is 5.92 Å². The Labute approximate surface area is 352 Å². The molecule has 0 unspecified atom stereocenters. The van der Waals surface area contributed by atoms with Crippen molar-refractivity contribution in [1.82, 2.24) is 34.9 Å². The van der Waals surface area contributed by atoms with E-state index in [1.807, 2.05) is 55.0 Å². The van der Waals surface area contributed by atoms with Crippen LogP contribution in [0.4, 0.5) is 8.78 Å². The zero-order valence-corrected chi connectivity index (χ0v) is 34.4. The Morgan fingerprint density at radius 3 is 2.33 bits per heavy atom. The van der Waals surface area contributed by atoms with Crippen LogP contribution in [0.15, 0.2) is 97.5 Å². The van der Waals surface area contributed by atoms with Gasteiger partial charge in [-0.1, -0.05) is 48.5 Å². The van der Waals surface area contributed by atoms with Crippen molar-refractivity contribution >= 4 is 17.7 Å². The lowest BCUT2D eigenvalue weighted by Crippen LogP contribution is -2.57. The van der Waals surface area contributed by atoms with E-state index >= 15 is 0 Å². The fourth-order valence-electron chi connectivity index (χ4n) is 9.79. The zero-order valence-electron chi connectivity index (χ0n) is 34.4. The molecule has 2 aromatic carbocycles. The first-order chi connectivity index (χ1) is 29.2. The van der Waals surface area contributed by atoms with Crippen molar-refractivity contribution in [1.29, 1.82) is 0 Å². The van der Waals surface area contributed by atoms with Crippen molar-refractivity contribution in [3.8, 4) is 0 Å². The van der Waals surface area contributed by atoms with Crippen LogP contribution >= 0.6 is 0 Å². The maximum Gasteiger partial charge on any atom is 0.261 e. The molecule has 0 bridgehead atoms. The molecule has 12 heteroatoms. The molecule has 60 heavy (non-hydrogen) atoms. The molecule has 2 aromatic heterocycles. The molecule has 1 saturated carbocycles. The molecule has 1 N–H and O–H groups in total. The fourth-order valence-corrected chi connectivity index (χ4v) is 9.79. The number of alkyl halides is 2. The Morgan fingerprint density at radius 2 is 1.58 bits per heavy atom. The minimum Gasteiger partial charge on any atom is -0.349 e. The van der Waals surface area contributed by atoms with Crippen LogP contribution in [0.3, 0.4) is 0 Å². The number of benzene rings is 2. The van der Waals surface area contributed by atoms with Gasteiger partial charge in [-0.3, -0.25) is 39.1 Å². The molecular formula is C48H57F2N7O3. The zero-order chi connectivity index (χ0) is 41.5. The van der Waals surface area contributed by atoms with Crippen molar-refractivity contribution in [3.63, 3.8) is 0 Å². The van der Waals surface area contributed by atoms with E-state index in [9.17, 15) is 23.2 Å². The maximum atomic E-state index is 14.0. The van der Waals surface area contributed by atoms with Gasteiger partial charge in [0.05, 0.1) is 28.9 Å². The normalized spacial score (nSPS) is 21.5. The number of hydrogen-bond acceptors (Lipinski definition) is 8. The van der Waals surface area contributed by atoms with Gasteiger partial charge in [0, 0.05) is 89.2 Å². The summed E-state index contributed by atoms with van der Waals surface area (Å²) in [6.45, 7) is 6.18. The van der Waals surface area contributed by atoms with Gasteiger partial charge in [0.1, 0.15) is 0 Å². The highest BCUT2D eigenvalue weighted by atomic mass is 19.3. The highest BCUT2D eigenvalue weighted by molar-refractivity contribution is 6.21. The number of fused-ring (bicyclic) bond motifs is 2. The van der Waals surface area contributed by atoms with Crippen LogP contribution in [0.1, 0.15) is 113 Å². The maximum absolute atomic E-state index is 14.0. The summed E-state index contributed by atoms with van der Waals surface area (Å²) in [7, 11) is 0. The third kappa shape index (κ3) is 9.99. The number of nitrogens with one attached hydrogen (secondary N) is 1. The number of imide groups is 1. The number of rotatable bonds is 16. The molecule has 4 aromatic rings. The quantitative estimate of drug-likeness (QED) is 0.0918. The first-order valence-corrected chi connectivity index (χ1v) is 21.9. The number of pyridine rings is 2. The highest BCUT2D eigenvalue weighted by Crippen LogP contribution is 2.37. The first kappa shape index (κ1) is 41.8. The van der Waals surface area contributed by atoms with Crippen LogP contribution in [-0.4, -0.2) is 105 Å². The molecule has 2 aliphatic carbocycles. The van der Waals surface area contributed by atoms with Gasteiger partial charge in [-0.2, -0.15) is 0 Å². The van der Waals surface area contributed by atoms with Crippen molar-refractivity contribution in [3.05, 3.63) is 131 Å². The Kier molecular flexibility index (Phi) is 13.4. The standard InChI is InChI=1S/C48H57F2N7O3/c49-48(50)22-17-38(18-23-48)45(58)53-42(36-10-2-1-3-11-36)21-29-54-30-31-55(32-35-19-25-51-26-20-35)39(33-54)34-56(43-16-8-12-37-13-9-24-52-44(37)43)27-6-7-28-57-46(59)40-14-4-5-15-41(40)47(57)60/h1-5,9-11,13-15,19-20,24-26,38-39,42-43H,6-8,12,16-18,21-23,27-34H2,(H,53,58)/t39-,42+,43+/m1/s1. The smallest absolute Gasteiger partial charge is 0.261 e. The summed E-state index contributed by atoms with van der Waals surface area (Å²) in [6.07, 6.45) is 10.9. The molecule has 0 spiro atoms. The molecule has 1 saturated heterocycles. The molecule has 2 aliphatic heterocycles. The number of carbonyl (C=O) groups is 3. The van der Waals surface area contributed by atoms with E-state index in [4.69, 9.17) is 4.98 Å². The number of carbonyl (C=O) groups excluding carboxylic acids is 3. The lowest BCUT2D eigenvalue weighted by Gasteiger charge is -2.45. The van der Waals surface area contributed by atoms with Crippen molar-refractivity contribution in [2.45, 2.75) is 94.8 Å². The summed E-state index contributed by atoms with van der Waals surface area (Å²) >= 11 is 0. The molecule has 4 aliphatic rings. The molecule has 10 nitrogen and oxygen atoms in total. The van der Waals surface area contributed by atoms with Crippen LogP contribution < -0.4 is 5.32 Å². The molecule has 8 rings (SSSR count). The van der Waals surface area contributed by atoms with E-state index in [2.05, 4.69) is 43.2 Å². The SMILES string of the molecule is O=C(N[C@@H](CCN1CCN(Cc2ccncc2)[C@@H](CN(CCCCN2C(=O)c3ccccc3C2=O)[C@H]2CCCc3cccnc32)C1)c1ccccc1)C1CCC(F)(F)CC1. The van der Waals surface area contributed by atoms with Gasteiger partial charge in [-0.05, 0) is 105 Å². The number of piperazine rings is 1. The first-order valence-electron chi connectivity index (χ1n) is 21.9. The minimum atomic E-state index is -2.68. The number of nitrogens with zero attached hydrogens (tertiary/aromatic N) is 6. The Hall–Kier alpha value is -4.91. The molecule has 3 atom stereocenters. The van der Waals surface area contributed by atoms with Gasteiger partial charge in [-0.25, -0.2) is 8.78 Å². The average Bonchev–Trinajstić information content (AvgIpc) is 3.52. The number of halogens is 2. The van der Waals surface area contributed by atoms with Gasteiger partial charge >= 0.3 is 0 Å². The molecule has 0 radical (unpaired) electrons. The fraction of sp³-hybridized carbons (Fsp3) is 0.479. The van der Waals surface area contributed by atoms with Gasteiger partial charge < -0.3 is 10.2 Å². The summed E-state index contributed by atoms with van der Waals surface area (Å²) in [6, 6.07) is 25.6. The topological polar surface area (TPSA) is 102 Å². The van der Waals surface area contributed by atoms with E-state index in [1.165, 1.54) is 16.0 Å². The van der Waals surface area contributed by atoms with Crippen molar-refractivity contribution in [2.75, 3.05) is 45.8 Å². The average molecular weight is 818 g/mol. The summed E-state index contributed by atoms with van der Waals surface area (Å²) in [5.74, 6) is -3.62. The van der Waals surface area contributed by atoms with Crippen LogP contribution in [0.2, 0.25) is 0 Å².